The van der Waals surface area contributed by atoms with E-state index in [0.29, 0.717) is 12.3 Å². The van der Waals surface area contributed by atoms with Crippen LogP contribution in [0.3, 0.4) is 0 Å². The molecule has 164 valence electrons. The summed E-state index contributed by atoms with van der Waals surface area (Å²) in [5.41, 5.74) is -2.02. The lowest BCUT2D eigenvalue weighted by Crippen LogP contribution is -2.48. The molecule has 0 radical (unpaired) electrons. The van der Waals surface area contributed by atoms with Gasteiger partial charge in [-0.25, -0.2) is 0 Å². The summed E-state index contributed by atoms with van der Waals surface area (Å²) in [4.78, 5) is 23.8. The monoisotopic (exact) mass is 406 g/mol. The second-order valence-electron chi connectivity index (χ2n) is 10.1. The zero-order valence-corrected chi connectivity index (χ0v) is 19.0. The first-order valence-electron chi connectivity index (χ1n) is 10.7. The Bertz CT molecular complexity index is 675. The highest BCUT2D eigenvalue weighted by molar-refractivity contribution is 5.67. The third-order valence-corrected chi connectivity index (χ3v) is 6.61. The summed E-state index contributed by atoms with van der Waals surface area (Å²) in [7, 11) is 0. The number of hydrogen-bond donors (Lipinski definition) is 1. The molecule has 1 N–H and O–H groups in total. The fourth-order valence-corrected chi connectivity index (χ4v) is 5.31. The van der Waals surface area contributed by atoms with Crippen LogP contribution < -0.4 is 0 Å². The highest BCUT2D eigenvalue weighted by Gasteiger charge is 2.55. The van der Waals surface area contributed by atoms with Gasteiger partial charge in [-0.3, -0.25) is 9.59 Å². The minimum Gasteiger partial charge on any atom is -0.462 e. The molecule has 1 saturated carbocycles. The van der Waals surface area contributed by atoms with Gasteiger partial charge in [-0.15, -0.1) is 0 Å². The molecule has 0 aliphatic heterocycles. The van der Waals surface area contributed by atoms with Crippen molar-refractivity contribution >= 4 is 11.9 Å². The van der Waals surface area contributed by atoms with Gasteiger partial charge in [0.2, 0.25) is 0 Å². The summed E-state index contributed by atoms with van der Waals surface area (Å²) in [6, 6.07) is 0. The van der Waals surface area contributed by atoms with E-state index in [-0.39, 0.29) is 29.2 Å². The molecule has 2 aliphatic rings. The summed E-state index contributed by atoms with van der Waals surface area (Å²) < 4.78 is 11.5. The van der Waals surface area contributed by atoms with Crippen LogP contribution in [0.5, 0.6) is 0 Å². The van der Waals surface area contributed by atoms with E-state index in [2.05, 4.69) is 26.0 Å². The molecule has 0 amide bonds. The van der Waals surface area contributed by atoms with E-state index in [1.165, 1.54) is 13.8 Å². The molecule has 0 aromatic heterocycles. The van der Waals surface area contributed by atoms with E-state index in [0.717, 1.165) is 19.3 Å². The van der Waals surface area contributed by atoms with Gasteiger partial charge >= 0.3 is 11.9 Å². The van der Waals surface area contributed by atoms with E-state index in [4.69, 9.17) is 9.47 Å². The van der Waals surface area contributed by atoms with E-state index < -0.39 is 17.3 Å². The van der Waals surface area contributed by atoms with Crippen LogP contribution in [0.2, 0.25) is 0 Å². The standard InChI is InChI=1S/C24H38O5/c1-16-9-8-12-24(7,27)15-20(28-17(2)25)21-19(22(4,5)29-18(3)26)11-14-23(21,6)13-10-16/h8,10,12-13,16,19-21,27H,9,11,14-15H2,1-7H3/b12-8+,13-10+/t16?,19?,20?,21?,23-,24?/m0/s1. The molecule has 0 bridgehead atoms. The Morgan fingerprint density at radius 2 is 1.79 bits per heavy atom. The van der Waals surface area contributed by atoms with Crippen molar-refractivity contribution in [2.75, 3.05) is 0 Å². The number of aliphatic hydroxyl groups is 1. The van der Waals surface area contributed by atoms with Crippen molar-refractivity contribution in [3.8, 4) is 0 Å². The largest absolute Gasteiger partial charge is 0.462 e. The van der Waals surface area contributed by atoms with Crippen molar-refractivity contribution in [3.05, 3.63) is 24.3 Å². The second kappa shape index (κ2) is 8.63. The zero-order chi connectivity index (χ0) is 22.0. The molecule has 6 atom stereocenters. The van der Waals surface area contributed by atoms with Gasteiger partial charge in [0.1, 0.15) is 11.7 Å². The van der Waals surface area contributed by atoms with E-state index >= 15 is 0 Å². The molecule has 29 heavy (non-hydrogen) atoms. The van der Waals surface area contributed by atoms with Crippen molar-refractivity contribution in [1.82, 2.24) is 0 Å². The molecule has 2 rings (SSSR count). The molecule has 0 spiro atoms. The summed E-state index contributed by atoms with van der Waals surface area (Å²) >= 11 is 0. The van der Waals surface area contributed by atoms with Gasteiger partial charge in [0.05, 0.1) is 5.60 Å². The number of esters is 2. The molecule has 2 aliphatic carbocycles. The van der Waals surface area contributed by atoms with Gasteiger partial charge < -0.3 is 14.6 Å². The number of carbonyl (C=O) groups excluding carboxylic acids is 2. The average Bonchev–Trinajstić information content (AvgIpc) is 2.88. The van der Waals surface area contributed by atoms with E-state index in [1.54, 1.807) is 6.92 Å². The van der Waals surface area contributed by atoms with Crippen LogP contribution in [-0.4, -0.2) is 34.4 Å². The minimum absolute atomic E-state index is 0.00115. The van der Waals surface area contributed by atoms with Crippen LogP contribution in [0.25, 0.3) is 0 Å². The summed E-state index contributed by atoms with van der Waals surface area (Å²) in [5.74, 6) is -0.419. The van der Waals surface area contributed by atoms with Gasteiger partial charge in [-0.05, 0) is 51.4 Å². The van der Waals surface area contributed by atoms with E-state index in [1.807, 2.05) is 26.0 Å². The van der Waals surface area contributed by atoms with Crippen LogP contribution in [0.15, 0.2) is 24.3 Å². The number of allylic oxidation sites excluding steroid dienone is 3. The first-order chi connectivity index (χ1) is 13.3. The molecule has 5 nitrogen and oxygen atoms in total. The maximum atomic E-state index is 12.0. The van der Waals surface area contributed by atoms with Crippen molar-refractivity contribution in [1.29, 1.82) is 0 Å². The molecule has 1 fully saturated rings. The molecular weight excluding hydrogens is 368 g/mol. The topological polar surface area (TPSA) is 72.8 Å². The minimum atomic E-state index is -1.09. The van der Waals surface area contributed by atoms with Crippen molar-refractivity contribution < 1.29 is 24.2 Å². The summed E-state index contributed by atoms with van der Waals surface area (Å²) in [5, 5.41) is 11.0. The lowest BCUT2D eigenvalue weighted by Gasteiger charge is -2.44. The third-order valence-electron chi connectivity index (χ3n) is 6.61. The zero-order valence-electron chi connectivity index (χ0n) is 19.0. The normalized spacial score (nSPS) is 40.3. The van der Waals surface area contributed by atoms with Crippen LogP contribution in [0.1, 0.15) is 74.1 Å². The Hall–Kier alpha value is -1.62. The van der Waals surface area contributed by atoms with Crippen LogP contribution in [-0.2, 0) is 19.1 Å². The molecule has 5 heteroatoms. The second-order valence-corrected chi connectivity index (χ2v) is 10.1. The van der Waals surface area contributed by atoms with Crippen LogP contribution >= 0.6 is 0 Å². The molecular formula is C24H38O5. The van der Waals surface area contributed by atoms with Crippen LogP contribution in [0, 0.1) is 23.2 Å². The number of hydrogen-bond acceptors (Lipinski definition) is 5. The predicted molar refractivity (Wildman–Crippen MR) is 113 cm³/mol. The Labute approximate surface area is 175 Å². The van der Waals surface area contributed by atoms with Crippen molar-refractivity contribution in [2.45, 2.75) is 91.5 Å². The summed E-state index contributed by atoms with van der Waals surface area (Å²) in [6.07, 6.45) is 10.7. The molecule has 0 saturated heterocycles. The average molecular weight is 407 g/mol. The molecule has 0 aromatic carbocycles. The first kappa shape index (κ1) is 23.7. The quantitative estimate of drug-likeness (QED) is 0.548. The SMILES string of the molecule is CC(=O)OC1CC(C)(O)/C=C/CC(C)/C=C/[C@@]2(C)CCC(C(C)(C)OC(C)=O)C12. The van der Waals surface area contributed by atoms with Gasteiger partial charge in [0.15, 0.2) is 0 Å². The van der Waals surface area contributed by atoms with Gasteiger partial charge in [0, 0.05) is 32.1 Å². The molecule has 5 unspecified atom stereocenters. The number of fused-ring (bicyclic) bond motifs is 1. The van der Waals surface area contributed by atoms with Crippen molar-refractivity contribution in [2.24, 2.45) is 23.2 Å². The smallest absolute Gasteiger partial charge is 0.303 e. The fourth-order valence-electron chi connectivity index (χ4n) is 5.31. The molecule has 0 aromatic rings. The van der Waals surface area contributed by atoms with Crippen LogP contribution in [0.4, 0.5) is 0 Å². The number of ether oxygens (including phenoxy) is 2. The fraction of sp³-hybridized carbons (Fsp3) is 0.750. The highest BCUT2D eigenvalue weighted by atomic mass is 16.6. The number of rotatable bonds is 3. The Morgan fingerprint density at radius 1 is 1.14 bits per heavy atom. The highest BCUT2D eigenvalue weighted by Crippen LogP contribution is 2.55. The van der Waals surface area contributed by atoms with Gasteiger partial charge in [-0.2, -0.15) is 0 Å². The Kier molecular flexibility index (Phi) is 7.04. The first-order valence-corrected chi connectivity index (χ1v) is 10.7. The lowest BCUT2D eigenvalue weighted by molar-refractivity contribution is -0.171. The maximum absolute atomic E-state index is 12.0. The van der Waals surface area contributed by atoms with E-state index in [9.17, 15) is 14.7 Å². The van der Waals surface area contributed by atoms with Gasteiger partial charge in [0.25, 0.3) is 0 Å². The Balaban J connectivity index is 2.57. The Morgan fingerprint density at radius 3 is 2.38 bits per heavy atom. The van der Waals surface area contributed by atoms with Gasteiger partial charge in [-0.1, -0.05) is 38.2 Å². The predicted octanol–water partition coefficient (Wildman–Crippen LogP) is 4.59. The third kappa shape index (κ3) is 5.94. The molecule has 0 heterocycles. The van der Waals surface area contributed by atoms with Crippen molar-refractivity contribution in [3.63, 3.8) is 0 Å². The maximum Gasteiger partial charge on any atom is 0.303 e. The number of carbonyl (C=O) groups is 2. The summed E-state index contributed by atoms with van der Waals surface area (Å²) in [6.45, 7) is 12.8. The lowest BCUT2D eigenvalue weighted by atomic mass is 9.68.